The van der Waals surface area contributed by atoms with Crippen LogP contribution in [-0.4, -0.2) is 96.5 Å². The Hall–Kier alpha value is -2.93. The van der Waals surface area contributed by atoms with Gasteiger partial charge in [0, 0.05) is 77.9 Å². The van der Waals surface area contributed by atoms with Gasteiger partial charge in [0.1, 0.15) is 5.78 Å². The Kier molecular flexibility index (Phi) is 16.9. The Bertz CT molecular complexity index is 723. The zero-order valence-corrected chi connectivity index (χ0v) is 20.6. The van der Waals surface area contributed by atoms with Gasteiger partial charge in [-0.15, -0.1) is 12.4 Å². The second-order valence-corrected chi connectivity index (χ2v) is 7.82. The smallest absolute Gasteiger partial charge is 0.317 e. The third kappa shape index (κ3) is 14.8. The first-order valence-corrected chi connectivity index (χ1v) is 11.5. The molecule has 4 amide bonds. The molecule has 0 saturated carbocycles. The summed E-state index contributed by atoms with van der Waals surface area (Å²) in [6.45, 7) is 4.75. The molecule has 35 heavy (non-hydrogen) atoms. The van der Waals surface area contributed by atoms with Gasteiger partial charge >= 0.3 is 30.0 Å². The van der Waals surface area contributed by atoms with Crippen molar-refractivity contribution in [3.05, 3.63) is 0 Å². The highest BCUT2D eigenvalue weighted by Crippen LogP contribution is 2.06. The van der Waals surface area contributed by atoms with E-state index in [9.17, 15) is 28.8 Å². The lowest BCUT2D eigenvalue weighted by Gasteiger charge is -2.12. The van der Waals surface area contributed by atoms with Crippen LogP contribution in [0.15, 0.2) is 0 Å². The van der Waals surface area contributed by atoms with E-state index >= 15 is 0 Å². The quantitative estimate of drug-likeness (QED) is 0.230. The molecule has 3 rings (SSSR count). The summed E-state index contributed by atoms with van der Waals surface area (Å²) < 4.78 is 4.21. The Balaban J connectivity index is 0.000000540. The molecular formula is C21H36ClN5O8. The van der Waals surface area contributed by atoms with Gasteiger partial charge in [-0.05, 0) is 19.3 Å². The monoisotopic (exact) mass is 521 g/mol. The number of rotatable bonds is 10. The number of nitrogens with zero attached hydrogens (tertiary/aromatic N) is 2. The van der Waals surface area contributed by atoms with Crippen LogP contribution in [-0.2, 0) is 23.9 Å². The van der Waals surface area contributed by atoms with Gasteiger partial charge in [-0.1, -0.05) is 0 Å². The normalized spacial score (nSPS) is 16.6. The lowest BCUT2D eigenvalue weighted by molar-refractivity contribution is -0.163. The number of carbonyl (C=O) groups excluding carboxylic acids is 5. The molecule has 0 bridgehead atoms. The van der Waals surface area contributed by atoms with Crippen molar-refractivity contribution in [2.75, 3.05) is 45.8 Å². The largest absolute Gasteiger partial charge is 0.481 e. The fourth-order valence-electron chi connectivity index (χ4n) is 3.24. The minimum atomic E-state index is -0.869. The summed E-state index contributed by atoms with van der Waals surface area (Å²) in [4.78, 5) is 67.3. The number of urea groups is 2. The summed E-state index contributed by atoms with van der Waals surface area (Å²) in [7, 11) is 0. The maximum Gasteiger partial charge on any atom is 0.317 e. The van der Waals surface area contributed by atoms with Crippen molar-refractivity contribution in [1.29, 1.82) is 0 Å². The van der Waals surface area contributed by atoms with E-state index < -0.39 is 5.97 Å². The first-order chi connectivity index (χ1) is 16.2. The van der Waals surface area contributed by atoms with Crippen molar-refractivity contribution < 1.29 is 38.6 Å². The number of Topliss-reactive ketones (excluding diaryl/α,β-unsaturated/α-hetero) is 1. The third-order valence-corrected chi connectivity index (χ3v) is 5.01. The van der Waals surface area contributed by atoms with Gasteiger partial charge < -0.3 is 36.0 Å². The number of nitrogens with one attached hydrogen (secondary N) is 2. The number of esters is 2. The van der Waals surface area contributed by atoms with E-state index in [2.05, 4.69) is 15.4 Å². The van der Waals surface area contributed by atoms with Crippen molar-refractivity contribution >= 4 is 48.2 Å². The number of amides is 4. The van der Waals surface area contributed by atoms with Gasteiger partial charge in [-0.2, -0.15) is 0 Å². The van der Waals surface area contributed by atoms with Crippen molar-refractivity contribution in [3.8, 4) is 0 Å². The highest BCUT2D eigenvalue weighted by Gasteiger charge is 2.19. The van der Waals surface area contributed by atoms with Gasteiger partial charge in [0.15, 0.2) is 0 Å². The molecule has 3 fully saturated rings. The fourth-order valence-corrected chi connectivity index (χ4v) is 3.24. The molecule has 0 atom stereocenters. The van der Waals surface area contributed by atoms with Gasteiger partial charge in [-0.3, -0.25) is 19.2 Å². The molecule has 0 aromatic rings. The van der Waals surface area contributed by atoms with E-state index in [1.54, 1.807) is 9.80 Å². The molecule has 0 aromatic carbocycles. The van der Waals surface area contributed by atoms with E-state index in [-0.39, 0.29) is 48.6 Å². The number of carbonyl (C=O) groups is 6. The molecule has 14 heteroatoms. The number of cyclic esters (lactones) is 2. The summed E-state index contributed by atoms with van der Waals surface area (Å²) >= 11 is 0. The zero-order valence-electron chi connectivity index (χ0n) is 19.8. The van der Waals surface area contributed by atoms with E-state index in [4.69, 9.17) is 10.8 Å². The molecule has 3 aliphatic rings. The molecule has 200 valence electrons. The molecule has 0 aromatic heterocycles. The third-order valence-electron chi connectivity index (χ3n) is 5.01. The molecule has 0 radical (unpaired) electrons. The van der Waals surface area contributed by atoms with Gasteiger partial charge in [-0.25, -0.2) is 9.59 Å². The Morgan fingerprint density at radius 3 is 1.77 bits per heavy atom. The average Bonchev–Trinajstić information content (AvgIpc) is 3.37. The first kappa shape index (κ1) is 32.1. The second-order valence-electron chi connectivity index (χ2n) is 7.82. The van der Waals surface area contributed by atoms with E-state index in [1.165, 1.54) is 0 Å². The van der Waals surface area contributed by atoms with Crippen LogP contribution in [0.4, 0.5) is 9.59 Å². The fraction of sp³-hybridized carbons (Fsp3) is 0.714. The molecule has 5 N–H and O–H groups in total. The van der Waals surface area contributed by atoms with Crippen LogP contribution in [0.1, 0.15) is 51.4 Å². The molecule has 3 heterocycles. The number of ketones is 1. The van der Waals surface area contributed by atoms with Crippen LogP contribution in [0.25, 0.3) is 0 Å². The summed E-state index contributed by atoms with van der Waals surface area (Å²) in [5.41, 5.74) is 5.25. The molecule has 13 nitrogen and oxygen atoms in total. The Labute approximate surface area is 210 Å². The van der Waals surface area contributed by atoms with E-state index in [1.807, 2.05) is 0 Å². The van der Waals surface area contributed by atoms with Crippen LogP contribution >= 0.6 is 12.4 Å². The highest BCUT2D eigenvalue weighted by molar-refractivity contribution is 5.87. The minimum Gasteiger partial charge on any atom is -0.481 e. The summed E-state index contributed by atoms with van der Waals surface area (Å²) in [5.74, 6) is -1.57. The number of aliphatic carboxylic acids is 1. The number of nitrogens with two attached hydrogens (primary N) is 1. The van der Waals surface area contributed by atoms with Gasteiger partial charge in [0.05, 0.1) is 0 Å². The van der Waals surface area contributed by atoms with E-state index in [0.717, 1.165) is 13.1 Å². The Morgan fingerprint density at radius 2 is 1.37 bits per heavy atom. The lowest BCUT2D eigenvalue weighted by atomic mass is 10.1. The lowest BCUT2D eigenvalue weighted by Crippen LogP contribution is -2.32. The van der Waals surface area contributed by atoms with Crippen molar-refractivity contribution in [2.24, 2.45) is 5.73 Å². The first-order valence-electron chi connectivity index (χ1n) is 11.5. The topological polar surface area (TPSA) is 188 Å². The summed E-state index contributed by atoms with van der Waals surface area (Å²) in [6.07, 6.45) is 3.27. The SMILES string of the molecule is Cl.NCCN1CCNC1=O.O=C(O)CCCC(=O)CCCN1CCNC1=O.O=C1CCCC(=O)O1. The standard InChI is InChI=1S/C11H18N2O4.C5H11N3O.C5H6O3.ClH/c14-9(3-1-5-10(15)16)4-2-7-13-8-6-12-11(13)17;6-1-3-8-4-2-7-5(8)9;6-4-2-1-3-5(7)8-4;/h1-8H2,(H,12,17)(H,15,16);1-4,6H2,(H,7,9);1-3H2;1H. The van der Waals surface area contributed by atoms with Crippen LogP contribution in [0.5, 0.6) is 0 Å². The molecular weight excluding hydrogens is 486 g/mol. The molecule has 3 saturated heterocycles. The summed E-state index contributed by atoms with van der Waals surface area (Å²) in [5, 5.41) is 13.8. The van der Waals surface area contributed by atoms with Crippen molar-refractivity contribution in [1.82, 2.24) is 20.4 Å². The van der Waals surface area contributed by atoms with Crippen molar-refractivity contribution in [3.63, 3.8) is 0 Å². The number of hydrogen-bond donors (Lipinski definition) is 4. The molecule has 0 spiro atoms. The average molecular weight is 522 g/mol. The maximum atomic E-state index is 11.4. The van der Waals surface area contributed by atoms with Gasteiger partial charge in [0.25, 0.3) is 0 Å². The predicted octanol–water partition coefficient (Wildman–Crippen LogP) is 0.248. The number of carboxylic acids is 1. The number of carboxylic acid groups (broad SMARTS) is 1. The highest BCUT2D eigenvalue weighted by atomic mass is 35.5. The minimum absolute atomic E-state index is 0. The van der Waals surface area contributed by atoms with Crippen LogP contribution < -0.4 is 16.4 Å². The molecule has 0 unspecified atom stereocenters. The van der Waals surface area contributed by atoms with E-state index in [0.29, 0.717) is 77.7 Å². The number of hydrogen-bond acceptors (Lipinski definition) is 8. The number of halogens is 1. The summed E-state index contributed by atoms with van der Waals surface area (Å²) in [6, 6.07) is -0.0521. The van der Waals surface area contributed by atoms with Crippen LogP contribution in [0.3, 0.4) is 0 Å². The zero-order chi connectivity index (χ0) is 25.3. The molecule has 0 aliphatic carbocycles. The van der Waals surface area contributed by atoms with Crippen LogP contribution in [0.2, 0.25) is 0 Å². The predicted molar refractivity (Wildman–Crippen MR) is 127 cm³/mol. The van der Waals surface area contributed by atoms with Gasteiger partial charge in [0.2, 0.25) is 0 Å². The number of ether oxygens (including phenoxy) is 1. The molecule has 3 aliphatic heterocycles. The van der Waals surface area contributed by atoms with Crippen molar-refractivity contribution in [2.45, 2.75) is 51.4 Å². The maximum absolute atomic E-state index is 11.4. The van der Waals surface area contributed by atoms with Crippen LogP contribution in [0, 0.1) is 0 Å². The Morgan fingerprint density at radius 1 is 0.857 bits per heavy atom. The second kappa shape index (κ2) is 18.4.